The zero-order valence-corrected chi connectivity index (χ0v) is 16.0. The Kier molecular flexibility index (Phi) is 10.3. The Morgan fingerprint density at radius 2 is 2.23 bits per heavy atom. The Morgan fingerprint density at radius 3 is 2.77 bits per heavy atom. The van der Waals surface area contributed by atoms with Crippen LogP contribution in [0, 0.1) is 5.92 Å². The summed E-state index contributed by atoms with van der Waals surface area (Å²) in [5, 5.41) is 6.33. The van der Waals surface area contributed by atoms with Crippen LogP contribution in [0.25, 0.3) is 0 Å². The van der Waals surface area contributed by atoms with Gasteiger partial charge < -0.3 is 10.2 Å². The number of carbonyl (C=O) groups is 1. The Labute approximate surface area is 149 Å². The standard InChI is InChI=1S/C15H25N3OS.2ClH/c1-4-7-18(12-5-6-16-9-12)15(19)13-10-20-14(17-13)8-11(2)3;;/h10-12,16H,4-9H2,1-3H3;2*1H. The molecule has 7 heteroatoms. The molecule has 1 atom stereocenters. The lowest BCUT2D eigenvalue weighted by Gasteiger charge is -2.27. The maximum absolute atomic E-state index is 12.7. The quantitative estimate of drug-likeness (QED) is 0.837. The third-order valence-electron chi connectivity index (χ3n) is 3.55. The summed E-state index contributed by atoms with van der Waals surface area (Å²) in [6.07, 6.45) is 3.00. The van der Waals surface area contributed by atoms with Gasteiger partial charge in [0.05, 0.1) is 5.01 Å². The maximum Gasteiger partial charge on any atom is 0.273 e. The normalized spacial score (nSPS) is 17.0. The highest BCUT2D eigenvalue weighted by Crippen LogP contribution is 2.18. The van der Waals surface area contributed by atoms with Crippen molar-refractivity contribution in [1.82, 2.24) is 15.2 Å². The summed E-state index contributed by atoms with van der Waals surface area (Å²) in [4.78, 5) is 19.2. The van der Waals surface area contributed by atoms with E-state index in [1.54, 1.807) is 11.3 Å². The fraction of sp³-hybridized carbons (Fsp3) is 0.733. The third-order valence-corrected chi connectivity index (χ3v) is 4.43. The van der Waals surface area contributed by atoms with Gasteiger partial charge in [-0.3, -0.25) is 4.79 Å². The molecular weight excluding hydrogens is 341 g/mol. The highest BCUT2D eigenvalue weighted by molar-refractivity contribution is 7.09. The van der Waals surface area contributed by atoms with Crippen molar-refractivity contribution in [3.05, 3.63) is 16.1 Å². The molecule has 0 aromatic carbocycles. The highest BCUT2D eigenvalue weighted by Gasteiger charge is 2.27. The Morgan fingerprint density at radius 1 is 1.50 bits per heavy atom. The van der Waals surface area contributed by atoms with Crippen LogP contribution in [0.1, 0.15) is 49.1 Å². The zero-order valence-electron chi connectivity index (χ0n) is 13.5. The van der Waals surface area contributed by atoms with E-state index >= 15 is 0 Å². The van der Waals surface area contributed by atoms with Crippen LogP contribution >= 0.6 is 36.2 Å². The van der Waals surface area contributed by atoms with Gasteiger partial charge in [-0.05, 0) is 25.3 Å². The second-order valence-corrected chi connectivity index (χ2v) is 6.81. The minimum Gasteiger partial charge on any atom is -0.333 e. The third kappa shape index (κ3) is 5.69. The summed E-state index contributed by atoms with van der Waals surface area (Å²) in [6, 6.07) is 0.331. The number of halogens is 2. The van der Waals surface area contributed by atoms with Crippen LogP contribution in [-0.4, -0.2) is 41.5 Å². The number of amides is 1. The maximum atomic E-state index is 12.7. The molecule has 2 rings (SSSR count). The Hall–Kier alpha value is -0.360. The number of carbonyl (C=O) groups excluding carboxylic acids is 1. The molecule has 2 heterocycles. The highest BCUT2D eigenvalue weighted by atomic mass is 35.5. The molecule has 0 bridgehead atoms. The molecule has 0 radical (unpaired) electrons. The second kappa shape index (κ2) is 10.4. The summed E-state index contributed by atoms with van der Waals surface area (Å²) in [5.74, 6) is 0.682. The van der Waals surface area contributed by atoms with E-state index in [2.05, 4.69) is 31.1 Å². The second-order valence-electron chi connectivity index (χ2n) is 5.87. The number of nitrogens with one attached hydrogen (secondary N) is 1. The first kappa shape index (κ1) is 21.6. The summed E-state index contributed by atoms with van der Waals surface area (Å²) in [5.41, 5.74) is 0.631. The van der Waals surface area contributed by atoms with Crippen molar-refractivity contribution in [1.29, 1.82) is 0 Å². The smallest absolute Gasteiger partial charge is 0.273 e. The number of rotatable bonds is 6. The lowest BCUT2D eigenvalue weighted by Crippen LogP contribution is -2.42. The van der Waals surface area contributed by atoms with Gasteiger partial charge in [0.1, 0.15) is 5.69 Å². The van der Waals surface area contributed by atoms with E-state index in [0.29, 0.717) is 17.7 Å². The van der Waals surface area contributed by atoms with Crippen LogP contribution in [0.15, 0.2) is 5.38 Å². The molecule has 1 fully saturated rings. The van der Waals surface area contributed by atoms with Crippen molar-refractivity contribution in [2.75, 3.05) is 19.6 Å². The molecule has 0 spiro atoms. The van der Waals surface area contributed by atoms with Gasteiger partial charge in [0.15, 0.2) is 0 Å². The SMILES string of the molecule is CCCN(C(=O)c1csc(CC(C)C)n1)C1CCNC1.Cl.Cl. The molecule has 1 aromatic heterocycles. The number of thiazole rings is 1. The summed E-state index contributed by atoms with van der Waals surface area (Å²) < 4.78 is 0. The predicted octanol–water partition coefficient (Wildman–Crippen LogP) is 3.40. The monoisotopic (exact) mass is 367 g/mol. The van der Waals surface area contributed by atoms with Gasteiger partial charge in [0.2, 0.25) is 0 Å². The molecular formula is C15H27Cl2N3OS. The predicted molar refractivity (Wildman–Crippen MR) is 97.8 cm³/mol. The largest absolute Gasteiger partial charge is 0.333 e. The van der Waals surface area contributed by atoms with E-state index < -0.39 is 0 Å². The van der Waals surface area contributed by atoms with Crippen molar-refractivity contribution in [3.63, 3.8) is 0 Å². The van der Waals surface area contributed by atoms with Crippen LogP contribution < -0.4 is 5.32 Å². The van der Waals surface area contributed by atoms with Crippen LogP contribution in [0.3, 0.4) is 0 Å². The number of hydrogen-bond donors (Lipinski definition) is 1. The van der Waals surface area contributed by atoms with E-state index in [9.17, 15) is 4.79 Å². The summed E-state index contributed by atoms with van der Waals surface area (Å²) in [7, 11) is 0. The number of aromatic nitrogens is 1. The molecule has 1 aliphatic heterocycles. The van der Waals surface area contributed by atoms with Gasteiger partial charge in [-0.2, -0.15) is 0 Å². The molecule has 128 valence electrons. The van der Waals surface area contributed by atoms with Crippen LogP contribution in [0.4, 0.5) is 0 Å². The van der Waals surface area contributed by atoms with E-state index in [-0.39, 0.29) is 30.7 Å². The molecule has 0 saturated carbocycles. The van der Waals surface area contributed by atoms with Gasteiger partial charge in [-0.15, -0.1) is 36.2 Å². The lowest BCUT2D eigenvalue weighted by atomic mass is 10.1. The molecule has 1 amide bonds. The minimum absolute atomic E-state index is 0. The minimum atomic E-state index is 0. The average Bonchev–Trinajstić information content (AvgIpc) is 3.05. The lowest BCUT2D eigenvalue weighted by molar-refractivity contribution is 0.0687. The Bertz CT molecular complexity index is 448. The first-order valence-electron chi connectivity index (χ1n) is 7.58. The van der Waals surface area contributed by atoms with Crippen LogP contribution in [-0.2, 0) is 6.42 Å². The van der Waals surface area contributed by atoms with Gasteiger partial charge in [0.25, 0.3) is 5.91 Å². The van der Waals surface area contributed by atoms with Gasteiger partial charge >= 0.3 is 0 Å². The van der Waals surface area contributed by atoms with Gasteiger partial charge in [-0.1, -0.05) is 20.8 Å². The number of nitrogens with zero attached hydrogens (tertiary/aromatic N) is 2. The fourth-order valence-corrected chi connectivity index (χ4v) is 3.58. The first-order valence-corrected chi connectivity index (χ1v) is 8.45. The molecule has 0 aliphatic carbocycles. The van der Waals surface area contributed by atoms with E-state index in [1.165, 1.54) is 0 Å². The average molecular weight is 368 g/mol. The summed E-state index contributed by atoms with van der Waals surface area (Å²) in [6.45, 7) is 9.21. The first-order chi connectivity index (χ1) is 9.61. The van der Waals surface area contributed by atoms with E-state index in [4.69, 9.17) is 0 Å². The molecule has 1 saturated heterocycles. The van der Waals surface area contributed by atoms with Crippen molar-refractivity contribution in [3.8, 4) is 0 Å². The van der Waals surface area contributed by atoms with E-state index in [0.717, 1.165) is 43.9 Å². The summed E-state index contributed by atoms with van der Waals surface area (Å²) >= 11 is 1.61. The van der Waals surface area contributed by atoms with Gasteiger partial charge in [-0.25, -0.2) is 4.98 Å². The molecule has 1 aliphatic rings. The topological polar surface area (TPSA) is 45.2 Å². The molecule has 22 heavy (non-hydrogen) atoms. The molecule has 4 nitrogen and oxygen atoms in total. The zero-order chi connectivity index (χ0) is 14.5. The van der Waals surface area contributed by atoms with Crippen molar-refractivity contribution < 1.29 is 4.79 Å². The van der Waals surface area contributed by atoms with Crippen molar-refractivity contribution in [2.24, 2.45) is 5.92 Å². The Balaban J connectivity index is 0.00000220. The fourth-order valence-electron chi connectivity index (χ4n) is 2.60. The molecule has 1 aromatic rings. The number of hydrogen-bond acceptors (Lipinski definition) is 4. The van der Waals surface area contributed by atoms with Crippen LogP contribution in [0.5, 0.6) is 0 Å². The van der Waals surface area contributed by atoms with Crippen molar-refractivity contribution >= 4 is 42.1 Å². The van der Waals surface area contributed by atoms with Gasteiger partial charge in [0, 0.05) is 30.9 Å². The van der Waals surface area contributed by atoms with Crippen LogP contribution in [0.2, 0.25) is 0 Å². The molecule has 1 unspecified atom stereocenters. The molecule has 1 N–H and O–H groups in total. The van der Waals surface area contributed by atoms with E-state index in [1.807, 2.05) is 10.3 Å². The van der Waals surface area contributed by atoms with Crippen molar-refractivity contribution in [2.45, 2.75) is 46.1 Å².